The average Bonchev–Trinajstić information content (AvgIpc) is 2.81. The molecule has 1 aromatic carbocycles. The van der Waals surface area contributed by atoms with Gasteiger partial charge in [0.25, 0.3) is 0 Å². The minimum Gasteiger partial charge on any atom is -0.481 e. The van der Waals surface area contributed by atoms with Gasteiger partial charge in [0.2, 0.25) is 5.91 Å². The average molecular weight is 352 g/mol. The van der Waals surface area contributed by atoms with Crippen LogP contribution in [0.3, 0.4) is 0 Å². The van der Waals surface area contributed by atoms with Gasteiger partial charge >= 0.3 is 5.97 Å². The molecule has 2 saturated heterocycles. The van der Waals surface area contributed by atoms with E-state index < -0.39 is 17.6 Å². The maximum Gasteiger partial charge on any atom is 0.304 e. The van der Waals surface area contributed by atoms with Gasteiger partial charge in [-0.15, -0.1) is 0 Å². The molecule has 136 valence electrons. The molecule has 1 amide bonds. The predicted octanol–water partition coefficient (Wildman–Crippen LogP) is 2.25. The van der Waals surface area contributed by atoms with Gasteiger partial charge in [-0.3, -0.25) is 9.59 Å². The number of likely N-dealkylation sites (tertiary alicyclic amines) is 2. The molecule has 0 radical (unpaired) electrons. The highest BCUT2D eigenvalue weighted by Crippen LogP contribution is 2.41. The van der Waals surface area contributed by atoms with E-state index in [9.17, 15) is 18.4 Å². The number of hydrogen-bond acceptors (Lipinski definition) is 3. The van der Waals surface area contributed by atoms with Gasteiger partial charge in [0.1, 0.15) is 11.6 Å². The Bertz CT molecular complexity index is 652. The van der Waals surface area contributed by atoms with Gasteiger partial charge in [-0.2, -0.15) is 0 Å². The number of benzene rings is 1. The van der Waals surface area contributed by atoms with Crippen LogP contribution in [0.1, 0.15) is 31.2 Å². The quantitative estimate of drug-likeness (QED) is 0.883. The second-order valence-corrected chi connectivity index (χ2v) is 7.19. The van der Waals surface area contributed by atoms with Crippen LogP contribution in [0, 0.1) is 17.0 Å². The number of carbonyl (C=O) groups is 2. The van der Waals surface area contributed by atoms with Crippen molar-refractivity contribution in [3.05, 3.63) is 35.4 Å². The van der Waals surface area contributed by atoms with Crippen molar-refractivity contribution in [2.75, 3.05) is 26.2 Å². The summed E-state index contributed by atoms with van der Waals surface area (Å²) in [6.45, 7) is 2.91. The van der Waals surface area contributed by atoms with E-state index in [-0.39, 0.29) is 24.3 Å². The van der Waals surface area contributed by atoms with Crippen LogP contribution in [-0.2, 0) is 16.1 Å². The highest BCUT2D eigenvalue weighted by molar-refractivity contribution is 5.79. The number of carboxylic acid groups (broad SMARTS) is 1. The fourth-order valence-corrected chi connectivity index (χ4v) is 3.89. The van der Waals surface area contributed by atoms with Gasteiger partial charge in [0.05, 0.1) is 6.42 Å². The molecule has 5 nitrogen and oxygen atoms in total. The van der Waals surface area contributed by atoms with Crippen molar-refractivity contribution in [2.24, 2.45) is 5.41 Å². The van der Waals surface area contributed by atoms with Crippen molar-refractivity contribution in [2.45, 2.75) is 32.2 Å². The lowest BCUT2D eigenvalue weighted by molar-refractivity contribution is -0.137. The third-order valence-electron chi connectivity index (χ3n) is 5.26. The Labute approximate surface area is 145 Å². The van der Waals surface area contributed by atoms with Crippen molar-refractivity contribution in [3.63, 3.8) is 0 Å². The van der Waals surface area contributed by atoms with Crippen molar-refractivity contribution in [3.8, 4) is 0 Å². The van der Waals surface area contributed by atoms with E-state index in [1.54, 1.807) is 4.90 Å². The van der Waals surface area contributed by atoms with Crippen LogP contribution in [0.5, 0.6) is 0 Å². The zero-order valence-corrected chi connectivity index (χ0v) is 14.0. The number of hydrogen-bond donors (Lipinski definition) is 1. The molecule has 0 unspecified atom stereocenters. The Balaban J connectivity index is 1.58. The van der Waals surface area contributed by atoms with Crippen LogP contribution >= 0.6 is 0 Å². The van der Waals surface area contributed by atoms with E-state index in [1.165, 1.54) is 12.1 Å². The summed E-state index contributed by atoms with van der Waals surface area (Å²) >= 11 is 0. The molecule has 0 atom stereocenters. The first-order valence-electron chi connectivity index (χ1n) is 8.52. The van der Waals surface area contributed by atoms with Crippen LogP contribution in [0.4, 0.5) is 8.78 Å². The van der Waals surface area contributed by atoms with Crippen LogP contribution in [-0.4, -0.2) is 53.0 Å². The molecular weight excluding hydrogens is 330 g/mol. The molecule has 2 aliphatic heterocycles. The van der Waals surface area contributed by atoms with E-state index >= 15 is 0 Å². The summed E-state index contributed by atoms with van der Waals surface area (Å²) in [4.78, 5) is 26.8. The molecule has 0 bridgehead atoms. The lowest BCUT2D eigenvalue weighted by Gasteiger charge is -2.38. The number of amides is 1. The van der Waals surface area contributed by atoms with E-state index in [0.29, 0.717) is 25.1 Å². The van der Waals surface area contributed by atoms with Crippen molar-refractivity contribution >= 4 is 11.9 Å². The Morgan fingerprint density at radius 1 is 1.16 bits per heavy atom. The van der Waals surface area contributed by atoms with Crippen LogP contribution in [0.15, 0.2) is 18.2 Å². The van der Waals surface area contributed by atoms with Gasteiger partial charge < -0.3 is 14.9 Å². The molecule has 3 rings (SSSR count). The Hall–Kier alpha value is -2.02. The highest BCUT2D eigenvalue weighted by Gasteiger charge is 2.44. The second-order valence-electron chi connectivity index (χ2n) is 7.19. The number of piperidine rings is 1. The first kappa shape index (κ1) is 17.8. The third-order valence-corrected chi connectivity index (χ3v) is 5.26. The lowest BCUT2D eigenvalue weighted by Crippen LogP contribution is -2.42. The summed E-state index contributed by atoms with van der Waals surface area (Å²) < 4.78 is 26.7. The maximum atomic E-state index is 13.3. The number of nitrogens with zero attached hydrogens (tertiary/aromatic N) is 2. The van der Waals surface area contributed by atoms with Crippen molar-refractivity contribution in [1.29, 1.82) is 0 Å². The summed E-state index contributed by atoms with van der Waals surface area (Å²) in [5, 5.41) is 8.77. The molecule has 1 spiro atoms. The molecule has 2 aliphatic rings. The van der Waals surface area contributed by atoms with E-state index in [1.807, 2.05) is 0 Å². The number of rotatable bonds is 5. The van der Waals surface area contributed by atoms with Gasteiger partial charge in [-0.25, -0.2) is 8.78 Å². The minimum atomic E-state index is -0.801. The summed E-state index contributed by atoms with van der Waals surface area (Å²) in [5.41, 5.74) is 0.365. The molecule has 7 heteroatoms. The SMILES string of the molecule is O=C(O)CCN1CCC2(CC1)CC(=O)N(Cc1cc(F)cc(F)c1)C2. The Kier molecular flexibility index (Phi) is 5.03. The fourth-order valence-electron chi connectivity index (χ4n) is 3.89. The van der Waals surface area contributed by atoms with Gasteiger partial charge in [-0.1, -0.05) is 0 Å². The smallest absolute Gasteiger partial charge is 0.304 e. The zero-order valence-electron chi connectivity index (χ0n) is 14.0. The molecule has 0 aliphatic carbocycles. The summed E-state index contributed by atoms with van der Waals surface area (Å²) in [7, 11) is 0. The molecule has 1 N–H and O–H groups in total. The topological polar surface area (TPSA) is 60.9 Å². The first-order chi connectivity index (χ1) is 11.8. The number of aliphatic carboxylic acids is 1. The Morgan fingerprint density at radius 2 is 1.80 bits per heavy atom. The summed E-state index contributed by atoms with van der Waals surface area (Å²) in [5.74, 6) is -2.06. The Morgan fingerprint density at radius 3 is 2.40 bits per heavy atom. The van der Waals surface area contributed by atoms with Crippen molar-refractivity contribution in [1.82, 2.24) is 9.80 Å². The monoisotopic (exact) mass is 352 g/mol. The molecular formula is C18H22F2N2O3. The third kappa shape index (κ3) is 4.34. The standard InChI is InChI=1S/C18H22F2N2O3/c19-14-7-13(8-15(20)9-14)11-22-12-18(10-16(22)23)2-5-21(6-3-18)4-1-17(24)25/h7-9H,1-6,10-12H2,(H,24,25). The van der Waals surface area contributed by atoms with Crippen LogP contribution in [0.2, 0.25) is 0 Å². The highest BCUT2D eigenvalue weighted by atomic mass is 19.1. The summed E-state index contributed by atoms with van der Waals surface area (Å²) in [6.07, 6.45) is 2.26. The number of carboxylic acids is 1. The maximum absolute atomic E-state index is 13.3. The summed E-state index contributed by atoms with van der Waals surface area (Å²) in [6, 6.07) is 3.34. The molecule has 1 aromatic rings. The van der Waals surface area contributed by atoms with Crippen LogP contribution < -0.4 is 0 Å². The van der Waals surface area contributed by atoms with Gasteiger partial charge in [0, 0.05) is 32.1 Å². The van der Waals surface area contributed by atoms with Crippen LogP contribution in [0.25, 0.3) is 0 Å². The lowest BCUT2D eigenvalue weighted by atomic mass is 9.77. The second kappa shape index (κ2) is 7.07. The minimum absolute atomic E-state index is 0.0173. The van der Waals surface area contributed by atoms with E-state index in [4.69, 9.17) is 5.11 Å². The van der Waals surface area contributed by atoms with Gasteiger partial charge in [-0.05, 0) is 49.0 Å². The van der Waals surface area contributed by atoms with Gasteiger partial charge in [0.15, 0.2) is 0 Å². The van der Waals surface area contributed by atoms with E-state index in [2.05, 4.69) is 4.90 Å². The predicted molar refractivity (Wildman–Crippen MR) is 86.8 cm³/mol. The fraction of sp³-hybridized carbons (Fsp3) is 0.556. The zero-order chi connectivity index (χ0) is 18.0. The molecule has 25 heavy (non-hydrogen) atoms. The van der Waals surface area contributed by atoms with Crippen molar-refractivity contribution < 1.29 is 23.5 Å². The molecule has 0 saturated carbocycles. The van der Waals surface area contributed by atoms with E-state index in [0.717, 1.165) is 32.0 Å². The molecule has 2 fully saturated rings. The largest absolute Gasteiger partial charge is 0.481 e. The number of carbonyl (C=O) groups excluding carboxylic acids is 1. The molecule has 2 heterocycles. The number of halogens is 2. The molecule has 0 aromatic heterocycles. The first-order valence-corrected chi connectivity index (χ1v) is 8.52. The normalized spacial score (nSPS) is 20.4.